The SMILES string of the molecule is C#Cc1cn2c(C=O)cnc2c(NC(=O)OC2CC2)n1. The van der Waals surface area contributed by atoms with Gasteiger partial charge in [-0.3, -0.25) is 14.5 Å². The number of rotatable bonds is 3. The Hall–Kier alpha value is -2.88. The summed E-state index contributed by atoms with van der Waals surface area (Å²) in [4.78, 5) is 30.7. The normalized spacial score (nSPS) is 13.8. The zero-order valence-electron chi connectivity index (χ0n) is 10.4. The molecule has 0 radical (unpaired) electrons. The molecular formula is C13H10N4O3. The molecule has 20 heavy (non-hydrogen) atoms. The Labute approximate surface area is 114 Å². The second-order valence-corrected chi connectivity index (χ2v) is 4.34. The highest BCUT2D eigenvalue weighted by molar-refractivity contribution is 5.89. The Balaban J connectivity index is 1.99. The number of carbonyl (C=O) groups is 2. The van der Waals surface area contributed by atoms with Crippen LogP contribution in [0.1, 0.15) is 29.0 Å². The standard InChI is InChI=1S/C13H10N4O3/c1-2-8-6-17-9(7-18)5-14-12(17)11(15-8)16-13(19)20-10-3-4-10/h1,5-7,10H,3-4H2,(H,15,16,19). The average Bonchev–Trinajstić information content (AvgIpc) is 3.15. The first kappa shape index (κ1) is 12.2. The van der Waals surface area contributed by atoms with Crippen molar-refractivity contribution in [3.8, 4) is 12.3 Å². The van der Waals surface area contributed by atoms with Crippen molar-refractivity contribution in [1.82, 2.24) is 14.4 Å². The Morgan fingerprint density at radius 1 is 1.60 bits per heavy atom. The number of anilines is 1. The quantitative estimate of drug-likeness (QED) is 0.669. The van der Waals surface area contributed by atoms with Crippen molar-refractivity contribution in [2.24, 2.45) is 0 Å². The zero-order chi connectivity index (χ0) is 14.1. The van der Waals surface area contributed by atoms with E-state index in [2.05, 4.69) is 21.2 Å². The van der Waals surface area contributed by atoms with Crippen LogP contribution in [0.15, 0.2) is 12.4 Å². The van der Waals surface area contributed by atoms with E-state index >= 15 is 0 Å². The Kier molecular flexibility index (Phi) is 2.84. The van der Waals surface area contributed by atoms with Crippen LogP contribution in [0.2, 0.25) is 0 Å². The van der Waals surface area contributed by atoms with Gasteiger partial charge in [0.05, 0.1) is 6.20 Å². The molecule has 0 bridgehead atoms. The molecule has 7 heteroatoms. The van der Waals surface area contributed by atoms with E-state index in [0.29, 0.717) is 17.6 Å². The summed E-state index contributed by atoms with van der Waals surface area (Å²) in [6.07, 6.45) is 9.96. The molecule has 2 aromatic heterocycles. The molecule has 2 aromatic rings. The summed E-state index contributed by atoms with van der Waals surface area (Å²) in [5.74, 6) is 2.53. The minimum atomic E-state index is -0.605. The number of amides is 1. The van der Waals surface area contributed by atoms with Crippen molar-refractivity contribution < 1.29 is 14.3 Å². The lowest BCUT2D eigenvalue weighted by Crippen LogP contribution is -2.17. The molecule has 0 saturated heterocycles. The number of ether oxygens (including phenoxy) is 1. The Morgan fingerprint density at radius 2 is 2.40 bits per heavy atom. The lowest BCUT2D eigenvalue weighted by molar-refractivity contribution is 0.111. The molecule has 0 aliphatic heterocycles. The van der Waals surface area contributed by atoms with Crippen LogP contribution in [0.25, 0.3) is 5.65 Å². The lowest BCUT2D eigenvalue weighted by atomic mass is 10.4. The van der Waals surface area contributed by atoms with Crippen LogP contribution >= 0.6 is 0 Å². The number of nitrogens with one attached hydrogen (secondary N) is 1. The number of nitrogens with zero attached hydrogens (tertiary/aromatic N) is 3. The number of imidazole rings is 1. The number of hydrogen-bond acceptors (Lipinski definition) is 5. The summed E-state index contributed by atoms with van der Waals surface area (Å²) >= 11 is 0. The first-order chi connectivity index (χ1) is 9.71. The van der Waals surface area contributed by atoms with Crippen LogP contribution in [0.4, 0.5) is 10.6 Å². The van der Waals surface area contributed by atoms with Gasteiger partial charge in [0.2, 0.25) is 0 Å². The number of fused-ring (bicyclic) bond motifs is 1. The highest BCUT2D eigenvalue weighted by atomic mass is 16.6. The zero-order valence-corrected chi connectivity index (χ0v) is 10.4. The second kappa shape index (κ2) is 4.66. The van der Waals surface area contributed by atoms with Gasteiger partial charge in [-0.1, -0.05) is 0 Å². The van der Waals surface area contributed by atoms with E-state index in [4.69, 9.17) is 11.2 Å². The van der Waals surface area contributed by atoms with Gasteiger partial charge in [-0.25, -0.2) is 14.8 Å². The molecule has 3 rings (SSSR count). The number of terminal acetylenes is 1. The van der Waals surface area contributed by atoms with Gasteiger partial charge in [0.1, 0.15) is 17.5 Å². The van der Waals surface area contributed by atoms with Crippen molar-refractivity contribution in [3.05, 3.63) is 23.8 Å². The summed E-state index contributed by atoms with van der Waals surface area (Å²) in [5.41, 5.74) is 0.927. The highest BCUT2D eigenvalue weighted by Gasteiger charge is 2.26. The van der Waals surface area contributed by atoms with Crippen LogP contribution in [-0.2, 0) is 4.74 Å². The minimum Gasteiger partial charge on any atom is -0.446 e. The van der Waals surface area contributed by atoms with Gasteiger partial charge in [0.15, 0.2) is 17.8 Å². The molecular weight excluding hydrogens is 260 g/mol. The molecule has 7 nitrogen and oxygen atoms in total. The van der Waals surface area contributed by atoms with Gasteiger partial charge in [-0.05, 0) is 18.8 Å². The molecule has 0 aromatic carbocycles. The molecule has 1 aliphatic rings. The molecule has 1 saturated carbocycles. The van der Waals surface area contributed by atoms with E-state index < -0.39 is 6.09 Å². The third kappa shape index (κ3) is 2.19. The number of carbonyl (C=O) groups excluding carboxylic acids is 2. The van der Waals surface area contributed by atoms with E-state index in [1.807, 2.05) is 0 Å². The van der Waals surface area contributed by atoms with Crippen molar-refractivity contribution in [2.75, 3.05) is 5.32 Å². The third-order valence-corrected chi connectivity index (χ3v) is 2.81. The lowest BCUT2D eigenvalue weighted by Gasteiger charge is -2.07. The summed E-state index contributed by atoms with van der Waals surface area (Å²) in [6.45, 7) is 0. The maximum atomic E-state index is 11.7. The van der Waals surface area contributed by atoms with Crippen molar-refractivity contribution in [2.45, 2.75) is 18.9 Å². The molecule has 1 aliphatic carbocycles. The topological polar surface area (TPSA) is 85.6 Å². The Bertz CT molecular complexity index is 740. The summed E-state index contributed by atoms with van der Waals surface area (Å²) in [7, 11) is 0. The molecule has 0 unspecified atom stereocenters. The van der Waals surface area contributed by atoms with E-state index in [1.165, 1.54) is 16.8 Å². The van der Waals surface area contributed by atoms with Crippen molar-refractivity contribution >= 4 is 23.8 Å². The number of aldehydes is 1. The Morgan fingerprint density at radius 3 is 3.05 bits per heavy atom. The fourth-order valence-corrected chi connectivity index (χ4v) is 1.71. The third-order valence-electron chi connectivity index (χ3n) is 2.81. The van der Waals surface area contributed by atoms with Gasteiger partial charge in [-0.2, -0.15) is 0 Å². The van der Waals surface area contributed by atoms with E-state index in [-0.39, 0.29) is 17.6 Å². The predicted molar refractivity (Wildman–Crippen MR) is 69.4 cm³/mol. The maximum absolute atomic E-state index is 11.7. The van der Waals surface area contributed by atoms with E-state index in [0.717, 1.165) is 12.8 Å². The summed E-state index contributed by atoms with van der Waals surface area (Å²) < 4.78 is 6.55. The van der Waals surface area contributed by atoms with Gasteiger partial charge >= 0.3 is 6.09 Å². The van der Waals surface area contributed by atoms with E-state index in [9.17, 15) is 9.59 Å². The van der Waals surface area contributed by atoms with Gasteiger partial charge in [-0.15, -0.1) is 6.42 Å². The predicted octanol–water partition coefficient (Wildman–Crippen LogP) is 1.23. The number of aromatic nitrogens is 3. The maximum Gasteiger partial charge on any atom is 0.413 e. The molecule has 1 N–H and O–H groups in total. The van der Waals surface area contributed by atoms with Crippen LogP contribution in [0.3, 0.4) is 0 Å². The fraction of sp³-hybridized carbons (Fsp3) is 0.231. The molecule has 1 fully saturated rings. The molecule has 0 spiro atoms. The van der Waals surface area contributed by atoms with Crippen LogP contribution in [0.5, 0.6) is 0 Å². The molecule has 0 atom stereocenters. The highest BCUT2D eigenvalue weighted by Crippen LogP contribution is 2.24. The monoisotopic (exact) mass is 270 g/mol. The van der Waals surface area contributed by atoms with Gasteiger partial charge in [0.25, 0.3) is 0 Å². The van der Waals surface area contributed by atoms with Crippen molar-refractivity contribution in [1.29, 1.82) is 0 Å². The smallest absolute Gasteiger partial charge is 0.413 e. The molecule has 2 heterocycles. The summed E-state index contributed by atoms with van der Waals surface area (Å²) in [6, 6.07) is 0. The molecule has 100 valence electrons. The second-order valence-electron chi connectivity index (χ2n) is 4.34. The van der Waals surface area contributed by atoms with Gasteiger partial charge in [0, 0.05) is 6.20 Å². The fourth-order valence-electron chi connectivity index (χ4n) is 1.71. The largest absolute Gasteiger partial charge is 0.446 e. The van der Waals surface area contributed by atoms with Crippen LogP contribution in [0, 0.1) is 12.3 Å². The molecule has 1 amide bonds. The first-order valence-corrected chi connectivity index (χ1v) is 5.99. The van der Waals surface area contributed by atoms with Crippen LogP contribution in [-0.4, -0.2) is 32.9 Å². The minimum absolute atomic E-state index is 0.0212. The van der Waals surface area contributed by atoms with Crippen molar-refractivity contribution in [3.63, 3.8) is 0 Å². The van der Waals surface area contributed by atoms with Gasteiger partial charge < -0.3 is 4.74 Å². The van der Waals surface area contributed by atoms with Crippen LogP contribution < -0.4 is 5.32 Å². The van der Waals surface area contributed by atoms with E-state index in [1.54, 1.807) is 0 Å². The average molecular weight is 270 g/mol. The summed E-state index contributed by atoms with van der Waals surface area (Å²) in [5, 5.41) is 2.50. The number of hydrogen-bond donors (Lipinski definition) is 1. The first-order valence-electron chi connectivity index (χ1n) is 5.99.